The zero-order valence-corrected chi connectivity index (χ0v) is 12.9. The van der Waals surface area contributed by atoms with Gasteiger partial charge in [-0.2, -0.15) is 0 Å². The van der Waals surface area contributed by atoms with Crippen molar-refractivity contribution < 1.29 is 39.8 Å². The van der Waals surface area contributed by atoms with Crippen LogP contribution in [0.2, 0.25) is 0 Å². The number of aromatic hydroxyl groups is 1. The second-order valence-corrected chi connectivity index (χ2v) is 5.49. The quantitative estimate of drug-likeness (QED) is 0.340. The molecule has 0 heterocycles. The standard InChI is InChI=1S/C16H20O8/c1-23-15-13(21)11(19)12(20)14(22)16(15)24-10(18)7-4-8-2-5-9(17)6-3-8/h2-7,11-17,19-22H,1H3/b7-4+/t11-,12-,13+,14+,15-,16+/m1/s1. The second-order valence-electron chi connectivity index (χ2n) is 5.49. The van der Waals surface area contributed by atoms with Gasteiger partial charge in [0, 0.05) is 13.2 Å². The monoisotopic (exact) mass is 340 g/mol. The van der Waals surface area contributed by atoms with Crippen LogP contribution in [0.15, 0.2) is 30.3 Å². The van der Waals surface area contributed by atoms with Crippen molar-refractivity contribution in [2.75, 3.05) is 7.11 Å². The van der Waals surface area contributed by atoms with Gasteiger partial charge in [-0.1, -0.05) is 12.1 Å². The van der Waals surface area contributed by atoms with Crippen LogP contribution < -0.4 is 0 Å². The van der Waals surface area contributed by atoms with E-state index in [9.17, 15) is 30.3 Å². The van der Waals surface area contributed by atoms with Crippen molar-refractivity contribution in [2.45, 2.75) is 36.6 Å². The molecular weight excluding hydrogens is 320 g/mol. The minimum atomic E-state index is -1.68. The van der Waals surface area contributed by atoms with Crippen molar-refractivity contribution in [2.24, 2.45) is 0 Å². The Morgan fingerprint density at radius 2 is 1.50 bits per heavy atom. The molecule has 0 bridgehead atoms. The molecule has 1 aliphatic rings. The van der Waals surface area contributed by atoms with Gasteiger partial charge < -0.3 is 35.0 Å². The Bertz CT molecular complexity index is 584. The van der Waals surface area contributed by atoms with Crippen molar-refractivity contribution in [1.29, 1.82) is 0 Å². The van der Waals surface area contributed by atoms with Gasteiger partial charge in [-0.05, 0) is 23.8 Å². The Hall–Kier alpha value is -1.97. The molecule has 0 radical (unpaired) electrons. The summed E-state index contributed by atoms with van der Waals surface area (Å²) in [6.45, 7) is 0. The van der Waals surface area contributed by atoms with Gasteiger partial charge in [0.1, 0.15) is 36.3 Å². The summed E-state index contributed by atoms with van der Waals surface area (Å²) in [7, 11) is 1.22. The molecule has 1 saturated carbocycles. The van der Waals surface area contributed by atoms with E-state index in [2.05, 4.69) is 0 Å². The predicted octanol–water partition coefficient (Wildman–Crippen LogP) is -1.21. The van der Waals surface area contributed by atoms with Gasteiger partial charge in [-0.15, -0.1) is 0 Å². The lowest BCUT2D eigenvalue weighted by Gasteiger charge is -2.42. The van der Waals surface area contributed by atoms with Gasteiger partial charge in [0.05, 0.1) is 0 Å². The topological polar surface area (TPSA) is 137 Å². The molecule has 0 aliphatic heterocycles. The fourth-order valence-corrected chi connectivity index (χ4v) is 2.51. The van der Waals surface area contributed by atoms with Crippen molar-refractivity contribution in [3.8, 4) is 5.75 Å². The van der Waals surface area contributed by atoms with Crippen LogP contribution in [-0.4, -0.2) is 75.2 Å². The van der Waals surface area contributed by atoms with Crippen LogP contribution in [0.4, 0.5) is 0 Å². The highest BCUT2D eigenvalue weighted by Gasteiger charge is 2.51. The predicted molar refractivity (Wildman–Crippen MR) is 81.8 cm³/mol. The van der Waals surface area contributed by atoms with Gasteiger partial charge in [0.2, 0.25) is 0 Å². The Morgan fingerprint density at radius 3 is 2.04 bits per heavy atom. The first-order chi connectivity index (χ1) is 11.3. The number of phenolic OH excluding ortho intramolecular Hbond substituents is 1. The summed E-state index contributed by atoms with van der Waals surface area (Å²) in [6, 6.07) is 6.06. The van der Waals surface area contributed by atoms with Crippen molar-refractivity contribution in [3.05, 3.63) is 35.9 Å². The summed E-state index contributed by atoms with van der Waals surface area (Å²) in [6.07, 6.45) is -6.44. The number of benzene rings is 1. The molecule has 1 aromatic carbocycles. The number of phenols is 1. The van der Waals surface area contributed by atoms with Crippen LogP contribution in [0.5, 0.6) is 5.75 Å². The maximum absolute atomic E-state index is 11.9. The molecule has 0 spiro atoms. The van der Waals surface area contributed by atoms with E-state index in [0.717, 1.165) is 6.08 Å². The molecule has 132 valence electrons. The first-order valence-electron chi connectivity index (χ1n) is 7.28. The summed E-state index contributed by atoms with van der Waals surface area (Å²) in [5, 5.41) is 48.3. The summed E-state index contributed by atoms with van der Waals surface area (Å²) < 4.78 is 10.0. The van der Waals surface area contributed by atoms with Gasteiger partial charge in [-0.3, -0.25) is 0 Å². The van der Waals surface area contributed by atoms with E-state index < -0.39 is 42.6 Å². The van der Waals surface area contributed by atoms with Gasteiger partial charge in [0.25, 0.3) is 0 Å². The van der Waals surface area contributed by atoms with E-state index >= 15 is 0 Å². The van der Waals surface area contributed by atoms with Crippen molar-refractivity contribution in [3.63, 3.8) is 0 Å². The maximum Gasteiger partial charge on any atom is 0.331 e. The molecule has 1 fully saturated rings. The molecule has 5 N–H and O–H groups in total. The molecular formula is C16H20O8. The number of carbonyl (C=O) groups is 1. The number of hydrogen-bond acceptors (Lipinski definition) is 8. The van der Waals surface area contributed by atoms with Crippen molar-refractivity contribution in [1.82, 2.24) is 0 Å². The van der Waals surface area contributed by atoms with Crippen LogP contribution >= 0.6 is 0 Å². The number of carbonyl (C=O) groups excluding carboxylic acids is 1. The average Bonchev–Trinajstić information content (AvgIpc) is 2.57. The van der Waals surface area contributed by atoms with Gasteiger partial charge >= 0.3 is 5.97 Å². The number of esters is 1. The third-order valence-electron chi connectivity index (χ3n) is 3.88. The number of aliphatic hydroxyl groups is 4. The van der Waals surface area contributed by atoms with Crippen LogP contribution in [0.1, 0.15) is 5.56 Å². The number of hydrogen-bond donors (Lipinski definition) is 5. The number of aliphatic hydroxyl groups excluding tert-OH is 4. The largest absolute Gasteiger partial charge is 0.508 e. The summed E-state index contributed by atoms with van der Waals surface area (Å²) >= 11 is 0. The highest BCUT2D eigenvalue weighted by atomic mass is 16.6. The lowest BCUT2D eigenvalue weighted by atomic mass is 9.84. The summed E-state index contributed by atoms with van der Waals surface area (Å²) in [4.78, 5) is 11.9. The number of ether oxygens (including phenoxy) is 2. The van der Waals surface area contributed by atoms with E-state index in [1.165, 1.54) is 25.3 Å². The molecule has 6 atom stereocenters. The fraction of sp³-hybridized carbons (Fsp3) is 0.438. The SMILES string of the molecule is CO[C@@H]1[C@@H](O)[C@H](O)[C@@H](O)[C@H](O)[C@@H]1OC(=O)/C=C/c1ccc(O)cc1. The third kappa shape index (κ3) is 3.92. The zero-order chi connectivity index (χ0) is 17.9. The summed E-state index contributed by atoms with van der Waals surface area (Å²) in [5.41, 5.74) is 0.632. The fourth-order valence-electron chi connectivity index (χ4n) is 2.51. The second kappa shape index (κ2) is 7.73. The average molecular weight is 340 g/mol. The molecule has 0 aromatic heterocycles. The molecule has 1 aromatic rings. The van der Waals surface area contributed by atoms with Crippen LogP contribution in [0.3, 0.4) is 0 Å². The zero-order valence-electron chi connectivity index (χ0n) is 12.9. The van der Waals surface area contributed by atoms with Gasteiger partial charge in [-0.25, -0.2) is 4.79 Å². The minimum absolute atomic E-state index is 0.0875. The Morgan fingerprint density at radius 1 is 0.958 bits per heavy atom. The van der Waals surface area contributed by atoms with E-state index in [-0.39, 0.29) is 5.75 Å². The van der Waals surface area contributed by atoms with Crippen LogP contribution in [0.25, 0.3) is 6.08 Å². The van der Waals surface area contributed by atoms with E-state index in [4.69, 9.17) is 9.47 Å². The summed E-state index contributed by atoms with van der Waals surface area (Å²) in [5.74, 6) is -0.741. The molecule has 8 nitrogen and oxygen atoms in total. The minimum Gasteiger partial charge on any atom is -0.508 e. The third-order valence-corrected chi connectivity index (χ3v) is 3.88. The molecule has 1 aliphatic carbocycles. The van der Waals surface area contributed by atoms with E-state index in [0.29, 0.717) is 5.56 Å². The van der Waals surface area contributed by atoms with Crippen molar-refractivity contribution >= 4 is 12.0 Å². The van der Waals surface area contributed by atoms with Crippen LogP contribution in [0, 0.1) is 0 Å². The maximum atomic E-state index is 11.9. The van der Waals surface area contributed by atoms with E-state index in [1.54, 1.807) is 12.1 Å². The Kier molecular flexibility index (Phi) is 5.92. The Balaban J connectivity index is 2.06. The normalized spacial score (nSPS) is 33.5. The lowest BCUT2D eigenvalue weighted by molar-refractivity contribution is -0.237. The number of rotatable bonds is 4. The highest BCUT2D eigenvalue weighted by molar-refractivity contribution is 5.87. The number of methoxy groups -OCH3 is 1. The first kappa shape index (κ1) is 18.4. The molecule has 8 heteroatoms. The molecule has 0 unspecified atom stereocenters. The van der Waals surface area contributed by atoms with Crippen LogP contribution in [-0.2, 0) is 14.3 Å². The molecule has 24 heavy (non-hydrogen) atoms. The first-order valence-corrected chi connectivity index (χ1v) is 7.28. The highest BCUT2D eigenvalue weighted by Crippen LogP contribution is 2.26. The smallest absolute Gasteiger partial charge is 0.331 e. The van der Waals surface area contributed by atoms with E-state index in [1.807, 2.05) is 0 Å². The molecule has 0 amide bonds. The molecule has 0 saturated heterocycles. The Labute approximate surface area is 138 Å². The molecule has 2 rings (SSSR count). The van der Waals surface area contributed by atoms with Gasteiger partial charge in [0.15, 0.2) is 6.10 Å². The lowest BCUT2D eigenvalue weighted by Crippen LogP contribution is -2.65.